The number of aromatic nitrogens is 2. The van der Waals surface area contributed by atoms with Crippen molar-refractivity contribution in [2.75, 3.05) is 37.9 Å². The van der Waals surface area contributed by atoms with Crippen molar-refractivity contribution in [3.05, 3.63) is 40.2 Å². The fourth-order valence-electron chi connectivity index (χ4n) is 2.65. The molecule has 1 aromatic heterocycles. The summed E-state index contributed by atoms with van der Waals surface area (Å²) in [6.07, 6.45) is 2.85. The summed E-state index contributed by atoms with van der Waals surface area (Å²) < 4.78 is 10.5. The first-order valence-corrected chi connectivity index (χ1v) is 9.14. The van der Waals surface area contributed by atoms with Crippen LogP contribution in [-0.4, -0.2) is 42.2 Å². The van der Waals surface area contributed by atoms with Gasteiger partial charge in [0, 0.05) is 13.1 Å². The lowest BCUT2D eigenvalue weighted by molar-refractivity contribution is -0.383. The average Bonchev–Trinajstić information content (AvgIpc) is 2.67. The Morgan fingerprint density at radius 3 is 2.29 bits per heavy atom. The molecule has 0 atom stereocenters. The zero-order valence-electron chi connectivity index (χ0n) is 16.7. The molecule has 0 saturated heterocycles. The van der Waals surface area contributed by atoms with Gasteiger partial charge in [-0.05, 0) is 36.5 Å². The monoisotopic (exact) mass is 389 g/mol. The van der Waals surface area contributed by atoms with Crippen molar-refractivity contribution in [2.24, 2.45) is 5.92 Å². The highest BCUT2D eigenvalue weighted by atomic mass is 16.6. The fraction of sp³-hybridized carbons (Fsp3) is 0.474. The van der Waals surface area contributed by atoms with Crippen LogP contribution in [-0.2, 0) is 6.42 Å². The van der Waals surface area contributed by atoms with Crippen LogP contribution in [0, 0.1) is 16.0 Å². The van der Waals surface area contributed by atoms with Gasteiger partial charge in [-0.2, -0.15) is 0 Å². The molecule has 0 unspecified atom stereocenters. The molecule has 2 rings (SSSR count). The Bertz CT molecular complexity index is 798. The minimum atomic E-state index is -0.462. The lowest BCUT2D eigenvalue weighted by atomic mass is 10.1. The molecule has 1 heterocycles. The fourth-order valence-corrected chi connectivity index (χ4v) is 2.65. The maximum atomic E-state index is 11.5. The van der Waals surface area contributed by atoms with Gasteiger partial charge in [0.2, 0.25) is 11.6 Å². The van der Waals surface area contributed by atoms with Crippen LogP contribution < -0.4 is 20.1 Å². The summed E-state index contributed by atoms with van der Waals surface area (Å²) in [4.78, 5) is 19.2. The van der Waals surface area contributed by atoms with E-state index in [0.29, 0.717) is 36.9 Å². The van der Waals surface area contributed by atoms with Gasteiger partial charge in [0.1, 0.15) is 6.33 Å². The molecule has 1 aromatic carbocycles. The Morgan fingerprint density at radius 1 is 1.07 bits per heavy atom. The Labute approximate surface area is 164 Å². The van der Waals surface area contributed by atoms with Crippen molar-refractivity contribution >= 4 is 17.3 Å². The van der Waals surface area contributed by atoms with Gasteiger partial charge in [0.25, 0.3) is 0 Å². The number of benzene rings is 1. The van der Waals surface area contributed by atoms with E-state index in [9.17, 15) is 10.1 Å². The third-order valence-corrected chi connectivity index (χ3v) is 4.17. The average molecular weight is 389 g/mol. The summed E-state index contributed by atoms with van der Waals surface area (Å²) in [7, 11) is 3.16. The largest absolute Gasteiger partial charge is 0.493 e. The van der Waals surface area contributed by atoms with Crippen LogP contribution in [0.3, 0.4) is 0 Å². The predicted octanol–water partition coefficient (Wildman–Crippen LogP) is 3.51. The van der Waals surface area contributed by atoms with Crippen molar-refractivity contribution in [1.29, 1.82) is 0 Å². The number of nitrogens with one attached hydrogen (secondary N) is 2. The molecule has 0 bridgehead atoms. The molecule has 9 nitrogen and oxygen atoms in total. The third-order valence-electron chi connectivity index (χ3n) is 4.17. The number of rotatable bonds is 11. The second kappa shape index (κ2) is 10.3. The van der Waals surface area contributed by atoms with Gasteiger partial charge in [0.15, 0.2) is 11.5 Å². The summed E-state index contributed by atoms with van der Waals surface area (Å²) >= 11 is 0. The van der Waals surface area contributed by atoms with Crippen molar-refractivity contribution in [3.63, 3.8) is 0 Å². The Hall–Kier alpha value is -3.10. The number of hydrogen-bond acceptors (Lipinski definition) is 8. The molecule has 2 aromatic rings. The predicted molar refractivity (Wildman–Crippen MR) is 108 cm³/mol. The lowest BCUT2D eigenvalue weighted by Crippen LogP contribution is -2.13. The van der Waals surface area contributed by atoms with E-state index in [-0.39, 0.29) is 17.3 Å². The molecule has 0 aliphatic carbocycles. The van der Waals surface area contributed by atoms with E-state index in [0.717, 1.165) is 12.0 Å². The maximum absolute atomic E-state index is 11.5. The zero-order valence-corrected chi connectivity index (χ0v) is 16.7. The van der Waals surface area contributed by atoms with Crippen LogP contribution >= 0.6 is 0 Å². The molecule has 0 spiro atoms. The number of nitro groups is 1. The molecule has 2 N–H and O–H groups in total. The number of anilines is 2. The Morgan fingerprint density at radius 2 is 1.71 bits per heavy atom. The lowest BCUT2D eigenvalue weighted by Gasteiger charge is -2.12. The minimum Gasteiger partial charge on any atom is -0.493 e. The summed E-state index contributed by atoms with van der Waals surface area (Å²) in [5, 5.41) is 17.6. The topological polar surface area (TPSA) is 111 Å². The maximum Gasteiger partial charge on any atom is 0.353 e. The van der Waals surface area contributed by atoms with Gasteiger partial charge in [-0.1, -0.05) is 19.9 Å². The van der Waals surface area contributed by atoms with Gasteiger partial charge in [0.05, 0.1) is 19.1 Å². The zero-order chi connectivity index (χ0) is 20.5. The number of hydrogen-bond donors (Lipinski definition) is 2. The van der Waals surface area contributed by atoms with Gasteiger partial charge in [-0.15, -0.1) is 0 Å². The molecular formula is C19H27N5O4. The van der Waals surface area contributed by atoms with E-state index in [4.69, 9.17) is 9.47 Å². The quantitative estimate of drug-likeness (QED) is 0.443. The van der Waals surface area contributed by atoms with Gasteiger partial charge >= 0.3 is 5.69 Å². The molecule has 0 radical (unpaired) electrons. The number of methoxy groups -OCH3 is 2. The van der Waals surface area contributed by atoms with Crippen molar-refractivity contribution in [3.8, 4) is 11.5 Å². The Kier molecular flexibility index (Phi) is 7.79. The van der Waals surface area contributed by atoms with Crippen LogP contribution in [0.1, 0.15) is 25.8 Å². The second-order valence-corrected chi connectivity index (χ2v) is 6.65. The van der Waals surface area contributed by atoms with Gasteiger partial charge in [-0.25, -0.2) is 9.97 Å². The van der Waals surface area contributed by atoms with Crippen LogP contribution in [0.5, 0.6) is 11.5 Å². The van der Waals surface area contributed by atoms with E-state index in [2.05, 4.69) is 34.4 Å². The van der Waals surface area contributed by atoms with E-state index in [1.165, 1.54) is 6.33 Å². The highest BCUT2D eigenvalue weighted by Crippen LogP contribution is 2.30. The molecule has 0 aliphatic heterocycles. The summed E-state index contributed by atoms with van der Waals surface area (Å²) in [5.74, 6) is 2.22. The van der Waals surface area contributed by atoms with Crippen molar-refractivity contribution in [2.45, 2.75) is 26.7 Å². The molecule has 28 heavy (non-hydrogen) atoms. The van der Waals surface area contributed by atoms with Crippen LogP contribution in [0.2, 0.25) is 0 Å². The minimum absolute atomic E-state index is 0.140. The Balaban J connectivity index is 2.06. The molecule has 9 heteroatoms. The first-order chi connectivity index (χ1) is 13.5. The molecule has 0 saturated carbocycles. The summed E-state index contributed by atoms with van der Waals surface area (Å²) in [5.41, 5.74) is 0.871. The van der Waals surface area contributed by atoms with Gasteiger partial charge < -0.3 is 20.1 Å². The SMILES string of the molecule is COc1ccc(CCNc2ncnc(NCCC(C)C)c2[N+](=O)[O-])cc1OC. The molecule has 152 valence electrons. The first kappa shape index (κ1) is 21.2. The summed E-state index contributed by atoms with van der Waals surface area (Å²) in [6.45, 7) is 5.27. The second-order valence-electron chi connectivity index (χ2n) is 6.65. The van der Waals surface area contributed by atoms with Crippen LogP contribution in [0.25, 0.3) is 0 Å². The van der Waals surface area contributed by atoms with E-state index in [1.54, 1.807) is 14.2 Å². The van der Waals surface area contributed by atoms with Crippen molar-refractivity contribution < 1.29 is 14.4 Å². The van der Waals surface area contributed by atoms with Crippen LogP contribution in [0.15, 0.2) is 24.5 Å². The standard InChI is InChI=1S/C19H27N5O4/c1-13(2)7-9-20-18-17(24(25)26)19(23-12-22-18)21-10-8-14-5-6-15(27-3)16(11-14)28-4/h5-6,11-13H,7-10H2,1-4H3,(H2,20,21,22,23). The molecule has 0 aliphatic rings. The van der Waals surface area contributed by atoms with Crippen LogP contribution in [0.4, 0.5) is 17.3 Å². The smallest absolute Gasteiger partial charge is 0.353 e. The molecule has 0 fully saturated rings. The molecular weight excluding hydrogens is 362 g/mol. The highest BCUT2D eigenvalue weighted by Gasteiger charge is 2.22. The summed E-state index contributed by atoms with van der Waals surface area (Å²) in [6, 6.07) is 5.64. The number of nitrogens with zero attached hydrogens (tertiary/aromatic N) is 3. The van der Waals surface area contributed by atoms with E-state index in [1.807, 2.05) is 18.2 Å². The molecule has 0 amide bonds. The normalized spacial score (nSPS) is 10.6. The van der Waals surface area contributed by atoms with E-state index >= 15 is 0 Å². The highest BCUT2D eigenvalue weighted by molar-refractivity contribution is 5.69. The third kappa shape index (κ3) is 5.70. The number of ether oxygens (including phenoxy) is 2. The first-order valence-electron chi connectivity index (χ1n) is 9.14. The van der Waals surface area contributed by atoms with Crippen molar-refractivity contribution in [1.82, 2.24) is 9.97 Å². The van der Waals surface area contributed by atoms with Gasteiger partial charge in [-0.3, -0.25) is 10.1 Å². The van der Waals surface area contributed by atoms with E-state index < -0.39 is 4.92 Å².